The summed E-state index contributed by atoms with van der Waals surface area (Å²) in [5.74, 6) is 14.7. The normalized spacial score (nSPS) is 53.1. The summed E-state index contributed by atoms with van der Waals surface area (Å²) >= 11 is 0. The molecule has 3 nitrogen and oxygen atoms in total. The summed E-state index contributed by atoms with van der Waals surface area (Å²) in [7, 11) is 0. The van der Waals surface area contributed by atoms with Gasteiger partial charge in [0, 0.05) is 12.1 Å². The first-order valence-corrected chi connectivity index (χ1v) is 25.9. The molecule has 0 aromatic heterocycles. The van der Waals surface area contributed by atoms with Crippen LogP contribution in [0.5, 0.6) is 0 Å². The Balaban J connectivity index is 0.858. The molecule has 0 aromatic carbocycles. The summed E-state index contributed by atoms with van der Waals surface area (Å²) in [5, 5.41) is 9.14. The van der Waals surface area contributed by atoms with Crippen LogP contribution in [0.25, 0.3) is 0 Å². The average molecular weight is 741 g/mol. The Morgan fingerprint density at radius 3 is 1.63 bits per heavy atom. The SMILES string of the molecule is C1CCC(C2NC(C3CCCC(C4CCCC5CC6CCCCC6C54)C3)CC(C3CCC(C4CCCCC4)C4OC5CC6CCCCC6CC5C34)N2)CC1. The van der Waals surface area contributed by atoms with Crippen molar-refractivity contribution in [1.29, 1.82) is 0 Å². The molecule has 9 saturated carbocycles. The van der Waals surface area contributed by atoms with Gasteiger partial charge in [0.25, 0.3) is 0 Å². The summed E-state index contributed by atoms with van der Waals surface area (Å²) < 4.78 is 7.60. The molecule has 0 spiro atoms. The van der Waals surface area contributed by atoms with E-state index in [2.05, 4.69) is 10.6 Å². The minimum Gasteiger partial charge on any atom is -0.374 e. The van der Waals surface area contributed by atoms with E-state index in [0.29, 0.717) is 24.4 Å². The Hall–Kier alpha value is -0.120. The van der Waals surface area contributed by atoms with E-state index in [1.807, 2.05) is 0 Å². The zero-order chi connectivity index (χ0) is 35.6. The molecule has 18 unspecified atom stereocenters. The molecular formula is C51H84N2O. The van der Waals surface area contributed by atoms with Gasteiger partial charge in [-0.25, -0.2) is 0 Å². The largest absolute Gasteiger partial charge is 0.374 e. The Morgan fingerprint density at radius 1 is 0.296 bits per heavy atom. The van der Waals surface area contributed by atoms with Crippen LogP contribution in [0.1, 0.15) is 199 Å². The second-order valence-electron chi connectivity index (χ2n) is 23.2. The summed E-state index contributed by atoms with van der Waals surface area (Å²) in [6.07, 6.45) is 48.8. The lowest BCUT2D eigenvalue weighted by Gasteiger charge is -2.53. The van der Waals surface area contributed by atoms with Crippen LogP contribution >= 0.6 is 0 Å². The second-order valence-corrected chi connectivity index (χ2v) is 23.2. The van der Waals surface area contributed by atoms with Gasteiger partial charge in [-0.1, -0.05) is 122 Å². The molecule has 2 heterocycles. The minimum atomic E-state index is 0.563. The zero-order valence-electron chi connectivity index (χ0n) is 34.9. The first-order chi connectivity index (χ1) is 26.7. The molecule has 0 bridgehead atoms. The molecule has 11 fully saturated rings. The Morgan fingerprint density at radius 2 is 0.833 bits per heavy atom. The molecule has 2 saturated heterocycles. The van der Waals surface area contributed by atoms with E-state index in [-0.39, 0.29) is 0 Å². The lowest BCUT2D eigenvalue weighted by Crippen LogP contribution is -2.66. The Bertz CT molecular complexity index is 1240. The first-order valence-electron chi connectivity index (χ1n) is 25.9. The molecule has 0 aromatic rings. The number of hydrogen-bond acceptors (Lipinski definition) is 3. The lowest BCUT2D eigenvalue weighted by atomic mass is 9.56. The van der Waals surface area contributed by atoms with Crippen molar-refractivity contribution in [3.8, 4) is 0 Å². The van der Waals surface area contributed by atoms with Gasteiger partial charge >= 0.3 is 0 Å². The van der Waals surface area contributed by atoms with Gasteiger partial charge in [0.1, 0.15) is 0 Å². The van der Waals surface area contributed by atoms with E-state index in [1.54, 1.807) is 64.2 Å². The lowest BCUT2D eigenvalue weighted by molar-refractivity contribution is -0.0722. The molecule has 2 aliphatic heterocycles. The van der Waals surface area contributed by atoms with Crippen LogP contribution in [0.4, 0.5) is 0 Å². The van der Waals surface area contributed by atoms with Crippen molar-refractivity contribution in [2.75, 3.05) is 0 Å². The van der Waals surface area contributed by atoms with E-state index in [9.17, 15) is 0 Å². The number of rotatable bonds is 5. The fourth-order valence-corrected chi connectivity index (χ4v) is 18.8. The van der Waals surface area contributed by atoms with Crippen molar-refractivity contribution in [3.63, 3.8) is 0 Å². The monoisotopic (exact) mass is 741 g/mol. The van der Waals surface area contributed by atoms with Crippen LogP contribution < -0.4 is 10.6 Å². The van der Waals surface area contributed by atoms with Crippen molar-refractivity contribution in [1.82, 2.24) is 10.6 Å². The predicted octanol–water partition coefficient (Wildman–Crippen LogP) is 12.5. The highest BCUT2D eigenvalue weighted by Crippen LogP contribution is 2.61. The highest BCUT2D eigenvalue weighted by Gasteiger charge is 2.59. The van der Waals surface area contributed by atoms with Crippen LogP contribution in [0, 0.1) is 88.8 Å². The summed E-state index contributed by atoms with van der Waals surface area (Å²) in [6.45, 7) is 0. The van der Waals surface area contributed by atoms with Crippen LogP contribution in [0.2, 0.25) is 0 Å². The third-order valence-corrected chi connectivity index (χ3v) is 20.9. The summed E-state index contributed by atoms with van der Waals surface area (Å²) in [6, 6.07) is 1.46. The molecule has 0 amide bonds. The maximum absolute atomic E-state index is 7.60. The highest BCUT2D eigenvalue weighted by atomic mass is 16.5. The van der Waals surface area contributed by atoms with Crippen LogP contribution in [-0.2, 0) is 4.74 Å². The fourth-order valence-electron chi connectivity index (χ4n) is 18.8. The molecule has 18 atom stereocenters. The Kier molecular flexibility index (Phi) is 11.0. The van der Waals surface area contributed by atoms with E-state index >= 15 is 0 Å². The molecule has 304 valence electrons. The van der Waals surface area contributed by atoms with Crippen molar-refractivity contribution in [2.45, 2.75) is 230 Å². The average Bonchev–Trinajstić information content (AvgIpc) is 3.81. The quantitative estimate of drug-likeness (QED) is 0.294. The molecule has 2 N–H and O–H groups in total. The van der Waals surface area contributed by atoms with Gasteiger partial charge in [-0.15, -0.1) is 0 Å². The van der Waals surface area contributed by atoms with Crippen molar-refractivity contribution in [2.24, 2.45) is 88.8 Å². The summed E-state index contributed by atoms with van der Waals surface area (Å²) in [4.78, 5) is 0. The molecule has 3 heteroatoms. The van der Waals surface area contributed by atoms with Crippen molar-refractivity contribution in [3.05, 3.63) is 0 Å². The molecular weight excluding hydrogens is 657 g/mol. The first kappa shape index (κ1) is 36.9. The smallest absolute Gasteiger partial charge is 0.0644 e. The van der Waals surface area contributed by atoms with Gasteiger partial charge in [0.05, 0.1) is 18.4 Å². The number of hydrogen-bond donors (Lipinski definition) is 2. The van der Waals surface area contributed by atoms with Crippen LogP contribution in [-0.4, -0.2) is 30.5 Å². The zero-order valence-corrected chi connectivity index (χ0v) is 34.9. The molecule has 54 heavy (non-hydrogen) atoms. The number of ether oxygens (including phenoxy) is 1. The second kappa shape index (κ2) is 16.1. The van der Waals surface area contributed by atoms with Gasteiger partial charge in [0.15, 0.2) is 0 Å². The standard InChI is InChI=1S/C51H84N2O/c1-3-13-32(14-4-1)42-25-26-43(49-44-29-34-17-7-8-18-35(34)30-47(44)54-50(42)49)46-31-45(52-51(53-46)33-15-5-2-6-16-33)38-21-11-20-37(27-38)41-24-12-22-39-28-36-19-9-10-23-40(36)48(39)41/h32-53H,1-31H2. The van der Waals surface area contributed by atoms with Gasteiger partial charge in [-0.2, -0.15) is 0 Å². The van der Waals surface area contributed by atoms with E-state index in [1.165, 1.54) is 135 Å². The number of nitrogens with one attached hydrogen (secondary N) is 2. The van der Waals surface area contributed by atoms with E-state index < -0.39 is 0 Å². The maximum Gasteiger partial charge on any atom is 0.0644 e. The maximum atomic E-state index is 7.60. The van der Waals surface area contributed by atoms with Crippen molar-refractivity contribution >= 4 is 0 Å². The van der Waals surface area contributed by atoms with Crippen molar-refractivity contribution < 1.29 is 4.74 Å². The minimum absolute atomic E-state index is 0.563. The molecule has 0 radical (unpaired) electrons. The number of fused-ring (bicyclic) bond motifs is 7. The molecule has 11 rings (SSSR count). The topological polar surface area (TPSA) is 33.3 Å². The molecule has 9 aliphatic carbocycles. The third-order valence-electron chi connectivity index (χ3n) is 20.9. The van der Waals surface area contributed by atoms with Gasteiger partial charge < -0.3 is 4.74 Å². The van der Waals surface area contributed by atoms with Gasteiger partial charge in [-0.05, 0) is 166 Å². The highest BCUT2D eigenvalue weighted by molar-refractivity contribution is 5.09. The third kappa shape index (κ3) is 6.96. The molecule has 11 aliphatic rings. The van der Waals surface area contributed by atoms with Gasteiger partial charge in [-0.3, -0.25) is 10.6 Å². The fraction of sp³-hybridized carbons (Fsp3) is 1.00. The predicted molar refractivity (Wildman–Crippen MR) is 222 cm³/mol. The van der Waals surface area contributed by atoms with E-state index in [0.717, 1.165) is 94.8 Å². The van der Waals surface area contributed by atoms with Crippen LogP contribution in [0.15, 0.2) is 0 Å². The van der Waals surface area contributed by atoms with Gasteiger partial charge in [0.2, 0.25) is 0 Å². The van der Waals surface area contributed by atoms with Crippen LogP contribution in [0.3, 0.4) is 0 Å². The van der Waals surface area contributed by atoms with E-state index in [4.69, 9.17) is 4.74 Å². The Labute approximate surface area is 332 Å². The summed E-state index contributed by atoms with van der Waals surface area (Å²) in [5.41, 5.74) is 0.